The third-order valence-electron chi connectivity index (χ3n) is 8.10. The molecule has 214 valence electrons. The van der Waals surface area contributed by atoms with Gasteiger partial charge in [0, 0.05) is 48.9 Å². The van der Waals surface area contributed by atoms with Crippen LogP contribution in [-0.2, 0) is 4.79 Å². The van der Waals surface area contributed by atoms with Gasteiger partial charge in [0.1, 0.15) is 5.82 Å². The van der Waals surface area contributed by atoms with E-state index >= 15 is 0 Å². The van der Waals surface area contributed by atoms with Gasteiger partial charge in [-0.25, -0.2) is 4.98 Å². The number of likely N-dealkylation sites (N-methyl/N-ethyl adjacent to an activating group) is 1. The highest BCUT2D eigenvalue weighted by molar-refractivity contribution is 5.99. The van der Waals surface area contributed by atoms with Gasteiger partial charge in [0.15, 0.2) is 0 Å². The van der Waals surface area contributed by atoms with Crippen molar-refractivity contribution < 1.29 is 9.59 Å². The van der Waals surface area contributed by atoms with Gasteiger partial charge >= 0.3 is 0 Å². The van der Waals surface area contributed by atoms with E-state index < -0.39 is 0 Å². The molecule has 1 saturated carbocycles. The summed E-state index contributed by atoms with van der Waals surface area (Å²) in [4.78, 5) is 38.6. The first-order valence-corrected chi connectivity index (χ1v) is 15.0. The molecular weight excluding hydrogens is 500 g/mol. The summed E-state index contributed by atoms with van der Waals surface area (Å²) in [5.41, 5.74) is 4.89. The topological polar surface area (TPSA) is 93.4 Å². The van der Waals surface area contributed by atoms with Crippen LogP contribution in [0.15, 0.2) is 36.4 Å². The second-order valence-corrected chi connectivity index (χ2v) is 12.0. The number of aromatic nitrogens is 2. The zero-order valence-electron chi connectivity index (χ0n) is 24.3. The van der Waals surface area contributed by atoms with Crippen LogP contribution in [0.2, 0.25) is 0 Å². The molecular formula is C32H44N6O2. The number of carbonyl (C=O) groups is 2. The summed E-state index contributed by atoms with van der Waals surface area (Å²) in [6.45, 7) is 7.50. The van der Waals surface area contributed by atoms with Gasteiger partial charge in [-0.05, 0) is 75.2 Å². The molecule has 5 rings (SSSR count). The molecule has 2 aliphatic rings. The molecule has 0 unspecified atom stereocenters. The number of hydrogen-bond donors (Lipinski definition) is 3. The Kier molecular flexibility index (Phi) is 9.04. The summed E-state index contributed by atoms with van der Waals surface area (Å²) in [5, 5.41) is 6.85. The van der Waals surface area contributed by atoms with Gasteiger partial charge < -0.3 is 25.4 Å². The Morgan fingerprint density at radius 3 is 2.55 bits per heavy atom. The Labute approximate surface area is 237 Å². The van der Waals surface area contributed by atoms with Gasteiger partial charge in [-0.3, -0.25) is 9.59 Å². The predicted molar refractivity (Wildman–Crippen MR) is 163 cm³/mol. The number of rotatable bonds is 7. The molecule has 3 aromatic rings. The lowest BCUT2D eigenvalue weighted by Gasteiger charge is -2.20. The van der Waals surface area contributed by atoms with E-state index in [9.17, 15) is 9.59 Å². The number of imidazole rings is 1. The summed E-state index contributed by atoms with van der Waals surface area (Å²) in [5.74, 6) is 1.00. The number of nitrogens with zero attached hydrogens (tertiary/aromatic N) is 3. The minimum absolute atomic E-state index is 0.00665. The van der Waals surface area contributed by atoms with E-state index in [-0.39, 0.29) is 17.7 Å². The maximum atomic E-state index is 13.3. The van der Waals surface area contributed by atoms with Crippen LogP contribution in [0.1, 0.15) is 75.6 Å². The molecule has 0 atom stereocenters. The minimum atomic E-state index is -0.00665. The van der Waals surface area contributed by atoms with E-state index in [0.717, 1.165) is 60.6 Å². The zero-order chi connectivity index (χ0) is 28.1. The Bertz CT molecular complexity index is 1320. The monoisotopic (exact) mass is 544 g/mol. The van der Waals surface area contributed by atoms with E-state index in [0.29, 0.717) is 23.9 Å². The molecule has 0 radical (unpaired) electrons. The second kappa shape index (κ2) is 12.9. The lowest BCUT2D eigenvalue weighted by molar-refractivity contribution is -0.116. The summed E-state index contributed by atoms with van der Waals surface area (Å²) in [6, 6.07) is 12.3. The normalized spacial score (nSPS) is 17.6. The molecule has 2 fully saturated rings. The fourth-order valence-electron chi connectivity index (χ4n) is 5.87. The van der Waals surface area contributed by atoms with Crippen molar-refractivity contribution in [3.8, 4) is 11.4 Å². The highest BCUT2D eigenvalue weighted by Gasteiger charge is 2.21. The molecule has 40 heavy (non-hydrogen) atoms. The molecule has 1 aliphatic carbocycles. The highest BCUT2D eigenvalue weighted by atomic mass is 16.2. The first kappa shape index (κ1) is 28.1. The predicted octanol–water partition coefficient (Wildman–Crippen LogP) is 6.13. The third kappa shape index (κ3) is 7.02. The summed E-state index contributed by atoms with van der Waals surface area (Å²) >= 11 is 0. The van der Waals surface area contributed by atoms with Crippen molar-refractivity contribution in [3.05, 3.63) is 42.0 Å². The van der Waals surface area contributed by atoms with Crippen LogP contribution in [0.5, 0.6) is 0 Å². The van der Waals surface area contributed by atoms with Gasteiger partial charge in [-0.1, -0.05) is 39.5 Å². The van der Waals surface area contributed by atoms with Crippen LogP contribution in [0.4, 0.5) is 11.4 Å². The number of amides is 2. The van der Waals surface area contributed by atoms with E-state index in [1.807, 2.05) is 43.0 Å². The fourth-order valence-corrected chi connectivity index (χ4v) is 5.87. The summed E-state index contributed by atoms with van der Waals surface area (Å²) < 4.78 is 0. The van der Waals surface area contributed by atoms with Gasteiger partial charge in [-0.15, -0.1) is 0 Å². The third-order valence-corrected chi connectivity index (χ3v) is 8.10. The SMILES string of the molecule is CC(C)CC(=O)Nc1ccc(NC2CCCCCC2)cc1-c1nc2ccc(C(=O)N3CCCN(C)CC3)cc2[nH]1. The van der Waals surface area contributed by atoms with E-state index in [1.165, 1.54) is 38.5 Å². The van der Waals surface area contributed by atoms with Gasteiger partial charge in [0.05, 0.1) is 16.7 Å². The first-order valence-electron chi connectivity index (χ1n) is 15.0. The number of carbonyl (C=O) groups excluding carboxylic acids is 2. The van der Waals surface area contributed by atoms with Crippen molar-refractivity contribution in [1.82, 2.24) is 19.8 Å². The Hall–Kier alpha value is -3.39. The van der Waals surface area contributed by atoms with Crippen molar-refractivity contribution in [1.29, 1.82) is 0 Å². The minimum Gasteiger partial charge on any atom is -0.382 e. The number of fused-ring (bicyclic) bond motifs is 1. The smallest absolute Gasteiger partial charge is 0.253 e. The van der Waals surface area contributed by atoms with Crippen molar-refractivity contribution >= 4 is 34.2 Å². The molecule has 3 N–H and O–H groups in total. The molecule has 2 aromatic carbocycles. The number of nitrogens with one attached hydrogen (secondary N) is 3. The van der Waals surface area contributed by atoms with Gasteiger partial charge in [0.2, 0.25) is 5.91 Å². The van der Waals surface area contributed by atoms with Crippen molar-refractivity contribution in [2.45, 2.75) is 71.3 Å². The second-order valence-electron chi connectivity index (χ2n) is 12.0. The largest absolute Gasteiger partial charge is 0.382 e. The average molecular weight is 545 g/mol. The number of benzene rings is 2. The lowest BCUT2D eigenvalue weighted by atomic mass is 10.1. The number of hydrogen-bond acceptors (Lipinski definition) is 5. The van der Waals surface area contributed by atoms with Crippen LogP contribution in [0.3, 0.4) is 0 Å². The maximum Gasteiger partial charge on any atom is 0.253 e. The van der Waals surface area contributed by atoms with Crippen LogP contribution >= 0.6 is 0 Å². The molecule has 2 amide bonds. The molecule has 1 aliphatic heterocycles. The number of aromatic amines is 1. The molecule has 8 nitrogen and oxygen atoms in total. The van der Waals surface area contributed by atoms with E-state index in [4.69, 9.17) is 4.98 Å². The summed E-state index contributed by atoms with van der Waals surface area (Å²) in [6.07, 6.45) is 8.92. The fraction of sp³-hybridized carbons (Fsp3) is 0.531. The quantitative estimate of drug-likeness (QED) is 0.311. The standard InChI is InChI=1S/C32H44N6O2/c1-22(2)19-30(39)34-27-14-12-25(33-24-9-6-4-5-7-10-24)21-26(27)31-35-28-13-11-23(20-29(28)36-31)32(40)38-16-8-15-37(3)17-18-38/h11-14,20-22,24,33H,4-10,15-19H2,1-3H3,(H,34,39)(H,35,36). The molecule has 0 bridgehead atoms. The van der Waals surface area contributed by atoms with Crippen LogP contribution < -0.4 is 10.6 Å². The van der Waals surface area contributed by atoms with Gasteiger partial charge in [0.25, 0.3) is 5.91 Å². The van der Waals surface area contributed by atoms with Crippen LogP contribution in [-0.4, -0.2) is 70.9 Å². The first-order chi connectivity index (χ1) is 19.4. The van der Waals surface area contributed by atoms with Crippen molar-refractivity contribution in [2.75, 3.05) is 43.9 Å². The maximum absolute atomic E-state index is 13.3. The van der Waals surface area contributed by atoms with Crippen molar-refractivity contribution in [3.63, 3.8) is 0 Å². The molecule has 1 saturated heterocycles. The number of H-pyrrole nitrogens is 1. The summed E-state index contributed by atoms with van der Waals surface area (Å²) in [7, 11) is 2.10. The van der Waals surface area contributed by atoms with Crippen molar-refractivity contribution in [2.24, 2.45) is 5.92 Å². The van der Waals surface area contributed by atoms with E-state index in [2.05, 4.69) is 39.7 Å². The molecule has 8 heteroatoms. The van der Waals surface area contributed by atoms with Crippen LogP contribution in [0, 0.1) is 5.92 Å². The zero-order valence-corrected chi connectivity index (χ0v) is 24.3. The Balaban J connectivity index is 1.44. The Morgan fingerprint density at radius 2 is 1.77 bits per heavy atom. The number of anilines is 2. The van der Waals surface area contributed by atoms with E-state index in [1.54, 1.807) is 0 Å². The average Bonchev–Trinajstić information content (AvgIpc) is 3.04. The molecule has 2 heterocycles. The van der Waals surface area contributed by atoms with Crippen LogP contribution in [0.25, 0.3) is 22.4 Å². The Morgan fingerprint density at radius 1 is 0.975 bits per heavy atom. The lowest BCUT2D eigenvalue weighted by Crippen LogP contribution is -2.34. The molecule has 1 aromatic heterocycles. The highest BCUT2D eigenvalue weighted by Crippen LogP contribution is 2.32. The molecule has 0 spiro atoms. The van der Waals surface area contributed by atoms with Gasteiger partial charge in [-0.2, -0.15) is 0 Å².